The predicted octanol–water partition coefficient (Wildman–Crippen LogP) is 4.86. The first-order valence-corrected chi connectivity index (χ1v) is 8.17. The Balaban J connectivity index is 2.06. The summed E-state index contributed by atoms with van der Waals surface area (Å²) in [6, 6.07) is 19.1. The van der Waals surface area contributed by atoms with E-state index < -0.39 is 0 Å². The first-order chi connectivity index (χ1) is 12.1. The van der Waals surface area contributed by atoms with E-state index >= 15 is 0 Å². The molecule has 0 bridgehead atoms. The summed E-state index contributed by atoms with van der Waals surface area (Å²) in [6.45, 7) is 0. The number of hydrogen-bond donors (Lipinski definition) is 2. The zero-order chi connectivity index (χ0) is 17.8. The van der Waals surface area contributed by atoms with Gasteiger partial charge in [-0.1, -0.05) is 28.7 Å². The maximum absolute atomic E-state index is 12.7. The lowest BCUT2D eigenvalue weighted by molar-refractivity contribution is 0.103. The number of halogens is 2. The van der Waals surface area contributed by atoms with Crippen molar-refractivity contribution in [2.24, 2.45) is 0 Å². The molecule has 3 aromatic carbocycles. The van der Waals surface area contributed by atoms with Gasteiger partial charge in [0.1, 0.15) is 0 Å². The number of anilines is 1. The van der Waals surface area contributed by atoms with Crippen molar-refractivity contribution in [3.63, 3.8) is 0 Å². The predicted molar refractivity (Wildman–Crippen MR) is 101 cm³/mol. The monoisotopic (exact) mass is 372 g/mol. The van der Waals surface area contributed by atoms with Crippen molar-refractivity contribution >= 4 is 34.8 Å². The number of ketones is 1. The third kappa shape index (κ3) is 3.94. The average Bonchev–Trinajstić information content (AvgIpc) is 2.62. The second kappa shape index (κ2) is 7.57. The van der Waals surface area contributed by atoms with Crippen LogP contribution < -0.4 is 15.6 Å². The minimum absolute atomic E-state index is 0.117. The van der Waals surface area contributed by atoms with Gasteiger partial charge < -0.3 is 10.6 Å². The van der Waals surface area contributed by atoms with Crippen LogP contribution in [0.2, 0.25) is 5.02 Å². The van der Waals surface area contributed by atoms with Crippen LogP contribution in [0.25, 0.3) is 11.1 Å². The molecule has 126 valence electrons. The molecular weight excluding hydrogens is 359 g/mol. The summed E-state index contributed by atoms with van der Waals surface area (Å²) in [5, 5.41) is 0.581. The van der Waals surface area contributed by atoms with Crippen LogP contribution in [0, 0.1) is 0 Å². The van der Waals surface area contributed by atoms with Crippen molar-refractivity contribution in [2.75, 3.05) is 5.73 Å². The Hall–Kier alpha value is -2.53. The number of benzene rings is 3. The molecule has 0 fully saturated rings. The Labute approximate surface area is 155 Å². The fourth-order valence-corrected chi connectivity index (χ4v) is 2.76. The van der Waals surface area contributed by atoms with E-state index in [4.69, 9.17) is 33.9 Å². The van der Waals surface area contributed by atoms with Gasteiger partial charge in [0, 0.05) is 39.2 Å². The van der Waals surface area contributed by atoms with Gasteiger partial charge in [0.05, 0.1) is 0 Å². The highest BCUT2D eigenvalue weighted by atomic mass is 35.5. The highest BCUT2D eigenvalue weighted by Crippen LogP contribution is 2.33. The van der Waals surface area contributed by atoms with Crippen LogP contribution in [0.4, 0.5) is 5.69 Å². The molecule has 0 aromatic heterocycles. The van der Waals surface area contributed by atoms with Crippen LogP contribution in [-0.2, 0) is 0 Å². The molecule has 3 rings (SSSR count). The van der Waals surface area contributed by atoms with E-state index in [1.54, 1.807) is 54.6 Å². The molecule has 0 aliphatic carbocycles. The fourth-order valence-electron chi connectivity index (χ4n) is 2.48. The normalized spacial score (nSPS) is 10.5. The van der Waals surface area contributed by atoms with Crippen LogP contribution in [-0.4, -0.2) is 5.78 Å². The van der Waals surface area contributed by atoms with Crippen molar-refractivity contribution < 1.29 is 9.63 Å². The molecule has 25 heavy (non-hydrogen) atoms. The van der Waals surface area contributed by atoms with Crippen LogP contribution in [0.1, 0.15) is 15.9 Å². The van der Waals surface area contributed by atoms with Crippen LogP contribution in [0.3, 0.4) is 0 Å². The highest BCUT2D eigenvalue weighted by molar-refractivity contribution is 6.30. The summed E-state index contributed by atoms with van der Waals surface area (Å²) in [5.41, 5.74) is 8.84. The van der Waals surface area contributed by atoms with Crippen molar-refractivity contribution in [3.05, 3.63) is 82.9 Å². The maximum atomic E-state index is 12.7. The number of nitrogens with two attached hydrogens (primary N) is 1. The third-order valence-corrected chi connectivity index (χ3v) is 4.01. The van der Waals surface area contributed by atoms with Crippen LogP contribution in [0.15, 0.2) is 66.7 Å². The summed E-state index contributed by atoms with van der Waals surface area (Å²) in [5.74, 6) is 0.361. The standard InChI is InChI=1S/C19H14Cl2N2O2/c20-15-3-1-2-13(10-15)17-11-14(6-9-18(17)25-23-21)19(24)12-4-7-16(22)8-5-12/h1-11,23H,22H2. The number of hydrogen-bond acceptors (Lipinski definition) is 4. The van der Waals surface area contributed by atoms with Gasteiger partial charge in [-0.25, -0.2) is 0 Å². The quantitative estimate of drug-likeness (QED) is 0.290. The van der Waals surface area contributed by atoms with E-state index in [1.165, 1.54) is 0 Å². The average molecular weight is 373 g/mol. The number of nitrogens with one attached hydrogen (secondary N) is 1. The number of carbonyl (C=O) groups is 1. The van der Waals surface area contributed by atoms with Crippen molar-refractivity contribution in [3.8, 4) is 16.9 Å². The molecule has 3 aromatic rings. The largest absolute Gasteiger partial charge is 0.399 e. The van der Waals surface area contributed by atoms with Crippen LogP contribution in [0.5, 0.6) is 5.75 Å². The Bertz CT molecular complexity index is 912. The third-order valence-electron chi connectivity index (χ3n) is 3.70. The summed E-state index contributed by atoms with van der Waals surface area (Å²) in [7, 11) is 0. The molecule has 0 spiro atoms. The van der Waals surface area contributed by atoms with Gasteiger partial charge >= 0.3 is 0 Å². The fraction of sp³-hybridized carbons (Fsp3) is 0. The molecule has 0 saturated carbocycles. The van der Waals surface area contributed by atoms with Crippen molar-refractivity contribution in [2.45, 2.75) is 0 Å². The van der Waals surface area contributed by atoms with Gasteiger partial charge in [-0.05, 0) is 60.2 Å². The van der Waals surface area contributed by atoms with Crippen LogP contribution >= 0.6 is 23.4 Å². The highest BCUT2D eigenvalue weighted by Gasteiger charge is 2.14. The van der Waals surface area contributed by atoms with Gasteiger partial charge in [-0.2, -0.15) is 0 Å². The summed E-state index contributed by atoms with van der Waals surface area (Å²) in [4.78, 5) is 20.1. The molecule has 0 atom stereocenters. The molecule has 0 saturated heterocycles. The Morgan fingerprint density at radius 3 is 2.36 bits per heavy atom. The van der Waals surface area contributed by atoms with Gasteiger partial charge in [0.2, 0.25) is 0 Å². The van der Waals surface area contributed by atoms with Gasteiger partial charge in [-0.15, -0.1) is 0 Å². The SMILES string of the molecule is Nc1ccc(C(=O)c2ccc(ONCl)c(-c3cccc(Cl)c3)c2)cc1. The molecule has 0 aliphatic rings. The molecule has 0 aliphatic heterocycles. The zero-order valence-electron chi connectivity index (χ0n) is 13.0. The lowest BCUT2D eigenvalue weighted by Gasteiger charge is -2.11. The van der Waals surface area contributed by atoms with E-state index in [0.717, 1.165) is 5.56 Å². The minimum atomic E-state index is -0.117. The lowest BCUT2D eigenvalue weighted by Crippen LogP contribution is -2.07. The summed E-state index contributed by atoms with van der Waals surface area (Å²) >= 11 is 11.5. The molecule has 0 radical (unpaired) electrons. The first kappa shape index (κ1) is 17.3. The molecule has 0 heterocycles. The second-order valence-corrected chi connectivity index (χ2v) is 5.94. The molecule has 0 unspecified atom stereocenters. The number of rotatable bonds is 5. The Kier molecular flexibility index (Phi) is 5.24. The maximum Gasteiger partial charge on any atom is 0.193 e. The smallest absolute Gasteiger partial charge is 0.193 e. The molecule has 0 amide bonds. The molecule has 4 nitrogen and oxygen atoms in total. The first-order valence-electron chi connectivity index (χ1n) is 7.41. The van der Waals surface area contributed by atoms with Gasteiger partial charge in [-0.3, -0.25) is 4.79 Å². The topological polar surface area (TPSA) is 64.4 Å². The molecule has 3 N–H and O–H groups in total. The van der Waals surface area contributed by atoms with Crippen molar-refractivity contribution in [1.29, 1.82) is 0 Å². The number of carbonyl (C=O) groups excluding carboxylic acids is 1. The zero-order valence-corrected chi connectivity index (χ0v) is 14.5. The number of nitrogen functional groups attached to an aromatic ring is 1. The molecular formula is C19H14Cl2N2O2. The van der Waals surface area contributed by atoms with E-state index in [9.17, 15) is 4.79 Å². The molecule has 6 heteroatoms. The van der Waals surface area contributed by atoms with E-state index in [0.29, 0.717) is 33.1 Å². The van der Waals surface area contributed by atoms with E-state index in [2.05, 4.69) is 5.00 Å². The lowest BCUT2D eigenvalue weighted by atomic mass is 9.97. The van der Waals surface area contributed by atoms with Crippen molar-refractivity contribution in [1.82, 2.24) is 5.00 Å². The summed E-state index contributed by atoms with van der Waals surface area (Å²) in [6.07, 6.45) is 0. The van der Waals surface area contributed by atoms with Gasteiger partial charge in [0.15, 0.2) is 11.5 Å². The van der Waals surface area contributed by atoms with E-state index in [1.807, 2.05) is 12.1 Å². The summed E-state index contributed by atoms with van der Waals surface area (Å²) < 4.78 is 0. The Morgan fingerprint density at radius 1 is 0.960 bits per heavy atom. The Morgan fingerprint density at radius 2 is 1.68 bits per heavy atom. The minimum Gasteiger partial charge on any atom is -0.399 e. The van der Waals surface area contributed by atoms with Gasteiger partial charge in [0.25, 0.3) is 0 Å². The second-order valence-electron chi connectivity index (χ2n) is 5.35. The van der Waals surface area contributed by atoms with E-state index in [-0.39, 0.29) is 5.78 Å².